The van der Waals surface area contributed by atoms with Gasteiger partial charge in [-0.1, -0.05) is 11.6 Å². The summed E-state index contributed by atoms with van der Waals surface area (Å²) in [5.41, 5.74) is 1.10. The van der Waals surface area contributed by atoms with Crippen LogP contribution in [-0.4, -0.2) is 16.5 Å². The number of hydrogen-bond donors (Lipinski definition) is 1. The van der Waals surface area contributed by atoms with E-state index in [1.54, 1.807) is 18.2 Å². The Kier molecular flexibility index (Phi) is 3.76. The molecular formula is C15H17ClN2O3. The fourth-order valence-electron chi connectivity index (χ4n) is 2.51. The lowest BCUT2D eigenvalue weighted by molar-refractivity contribution is -0.122. The Morgan fingerprint density at radius 2 is 2.29 bits per heavy atom. The van der Waals surface area contributed by atoms with Crippen molar-refractivity contribution in [2.45, 2.75) is 38.8 Å². The van der Waals surface area contributed by atoms with Gasteiger partial charge in [-0.05, 0) is 37.8 Å². The average molecular weight is 309 g/mol. The van der Waals surface area contributed by atoms with Gasteiger partial charge in [0.1, 0.15) is 0 Å². The van der Waals surface area contributed by atoms with Crippen LogP contribution >= 0.6 is 11.6 Å². The van der Waals surface area contributed by atoms with Gasteiger partial charge in [0.15, 0.2) is 5.58 Å². The Hall–Kier alpha value is -1.75. The quantitative estimate of drug-likeness (QED) is 0.923. The Morgan fingerprint density at radius 3 is 3.00 bits per heavy atom. The SMILES string of the molecule is CC(NC(=O)CCn1c(=O)oc2cc(Cl)ccc21)C1CC1. The number of hydrogen-bond acceptors (Lipinski definition) is 3. The third-order valence-corrected chi connectivity index (χ3v) is 4.15. The van der Waals surface area contributed by atoms with Gasteiger partial charge in [-0.15, -0.1) is 0 Å². The Morgan fingerprint density at radius 1 is 1.52 bits per heavy atom. The number of aromatic nitrogens is 1. The smallest absolute Gasteiger partial charge is 0.408 e. The first kappa shape index (κ1) is 14.2. The van der Waals surface area contributed by atoms with Crippen molar-refractivity contribution >= 4 is 28.6 Å². The molecule has 6 heteroatoms. The van der Waals surface area contributed by atoms with E-state index in [1.807, 2.05) is 6.92 Å². The highest BCUT2D eigenvalue weighted by Crippen LogP contribution is 2.32. The Balaban J connectivity index is 1.68. The number of halogens is 1. The molecule has 1 aliphatic carbocycles. The number of nitrogens with one attached hydrogen (secondary N) is 1. The second-order valence-electron chi connectivity index (χ2n) is 5.58. The summed E-state index contributed by atoms with van der Waals surface area (Å²) in [6, 6.07) is 5.25. The van der Waals surface area contributed by atoms with Gasteiger partial charge in [-0.3, -0.25) is 9.36 Å². The molecular weight excluding hydrogens is 292 g/mol. The molecule has 1 aliphatic rings. The van der Waals surface area contributed by atoms with Crippen LogP contribution < -0.4 is 11.1 Å². The molecule has 2 aromatic rings. The van der Waals surface area contributed by atoms with E-state index >= 15 is 0 Å². The van der Waals surface area contributed by atoms with Crippen LogP contribution in [0.1, 0.15) is 26.2 Å². The molecule has 1 saturated carbocycles. The van der Waals surface area contributed by atoms with Crippen molar-refractivity contribution in [1.29, 1.82) is 0 Å². The van der Waals surface area contributed by atoms with Crippen molar-refractivity contribution in [2.75, 3.05) is 0 Å². The summed E-state index contributed by atoms with van der Waals surface area (Å²) in [5.74, 6) is 0.119. The van der Waals surface area contributed by atoms with Crippen molar-refractivity contribution in [3.63, 3.8) is 0 Å². The molecule has 0 spiro atoms. The minimum atomic E-state index is -0.463. The first-order valence-electron chi connectivity index (χ1n) is 7.13. The number of aryl methyl sites for hydroxylation is 1. The molecule has 1 aromatic carbocycles. The maximum Gasteiger partial charge on any atom is 0.419 e. The van der Waals surface area contributed by atoms with E-state index in [0.717, 1.165) is 0 Å². The van der Waals surface area contributed by atoms with E-state index in [1.165, 1.54) is 17.4 Å². The van der Waals surface area contributed by atoms with Crippen molar-refractivity contribution in [3.8, 4) is 0 Å². The van der Waals surface area contributed by atoms with E-state index in [-0.39, 0.29) is 18.4 Å². The van der Waals surface area contributed by atoms with E-state index in [9.17, 15) is 9.59 Å². The molecule has 0 bridgehead atoms. The van der Waals surface area contributed by atoms with Crippen molar-refractivity contribution in [3.05, 3.63) is 33.8 Å². The van der Waals surface area contributed by atoms with Crippen molar-refractivity contribution in [1.82, 2.24) is 9.88 Å². The Labute approximate surface area is 126 Å². The third kappa shape index (κ3) is 3.13. The van der Waals surface area contributed by atoms with Gasteiger partial charge < -0.3 is 9.73 Å². The van der Waals surface area contributed by atoms with Crippen LogP contribution in [0.25, 0.3) is 11.1 Å². The predicted molar refractivity (Wildman–Crippen MR) is 80.4 cm³/mol. The molecule has 1 heterocycles. The fraction of sp³-hybridized carbons (Fsp3) is 0.467. The lowest BCUT2D eigenvalue weighted by Gasteiger charge is -2.12. The van der Waals surface area contributed by atoms with Gasteiger partial charge in [-0.25, -0.2) is 4.79 Å². The van der Waals surface area contributed by atoms with Crippen LogP contribution in [0.2, 0.25) is 5.02 Å². The number of fused-ring (bicyclic) bond motifs is 1. The van der Waals surface area contributed by atoms with Crippen molar-refractivity contribution in [2.24, 2.45) is 5.92 Å². The van der Waals surface area contributed by atoms with Crippen LogP contribution in [-0.2, 0) is 11.3 Å². The Bertz CT molecular complexity index is 730. The minimum absolute atomic E-state index is 0.0374. The first-order valence-corrected chi connectivity index (χ1v) is 7.50. The fourth-order valence-corrected chi connectivity index (χ4v) is 2.67. The number of amides is 1. The standard InChI is InChI=1S/C15H17ClN2O3/c1-9(10-2-3-10)17-14(19)6-7-18-12-5-4-11(16)8-13(12)21-15(18)20/h4-5,8-10H,2-3,6-7H2,1H3,(H,17,19). The normalized spacial score (nSPS) is 16.1. The predicted octanol–water partition coefficient (Wildman–Crippen LogP) is 2.55. The number of nitrogens with zero attached hydrogens (tertiary/aromatic N) is 1. The van der Waals surface area contributed by atoms with E-state index < -0.39 is 5.76 Å². The van der Waals surface area contributed by atoms with Crippen LogP contribution in [0.3, 0.4) is 0 Å². The largest absolute Gasteiger partial charge is 0.419 e. The maximum absolute atomic E-state index is 11.9. The molecule has 0 saturated heterocycles. The van der Waals surface area contributed by atoms with Gasteiger partial charge in [0.25, 0.3) is 0 Å². The first-order chi connectivity index (χ1) is 10.0. The molecule has 1 amide bonds. The lowest BCUT2D eigenvalue weighted by Crippen LogP contribution is -2.34. The number of benzene rings is 1. The number of rotatable bonds is 5. The van der Waals surface area contributed by atoms with Gasteiger partial charge in [0.05, 0.1) is 5.52 Å². The van der Waals surface area contributed by atoms with Crippen LogP contribution in [0.4, 0.5) is 0 Å². The second kappa shape index (κ2) is 5.56. The van der Waals surface area contributed by atoms with Crippen LogP contribution in [0.15, 0.2) is 27.4 Å². The zero-order chi connectivity index (χ0) is 15.0. The van der Waals surface area contributed by atoms with Crippen molar-refractivity contribution < 1.29 is 9.21 Å². The summed E-state index contributed by atoms with van der Waals surface area (Å²) in [5, 5.41) is 3.49. The second-order valence-corrected chi connectivity index (χ2v) is 6.01. The molecule has 1 unspecified atom stereocenters. The highest BCUT2D eigenvalue weighted by Gasteiger charge is 2.28. The highest BCUT2D eigenvalue weighted by atomic mass is 35.5. The summed E-state index contributed by atoms with van der Waals surface area (Å²) >= 11 is 5.87. The van der Waals surface area contributed by atoms with E-state index in [2.05, 4.69) is 5.32 Å². The lowest BCUT2D eigenvalue weighted by atomic mass is 10.2. The zero-order valence-electron chi connectivity index (χ0n) is 11.8. The molecule has 1 fully saturated rings. The molecule has 1 aromatic heterocycles. The van der Waals surface area contributed by atoms with E-state index in [4.69, 9.17) is 16.0 Å². The van der Waals surface area contributed by atoms with Gasteiger partial charge in [0, 0.05) is 30.1 Å². The summed E-state index contributed by atoms with van der Waals surface area (Å²) < 4.78 is 6.60. The summed E-state index contributed by atoms with van der Waals surface area (Å²) in [6.07, 6.45) is 2.64. The third-order valence-electron chi connectivity index (χ3n) is 3.91. The molecule has 0 aliphatic heterocycles. The minimum Gasteiger partial charge on any atom is -0.408 e. The van der Waals surface area contributed by atoms with Gasteiger partial charge in [-0.2, -0.15) is 0 Å². The zero-order valence-corrected chi connectivity index (χ0v) is 12.5. The highest BCUT2D eigenvalue weighted by molar-refractivity contribution is 6.31. The molecule has 1 atom stereocenters. The summed E-state index contributed by atoms with van der Waals surface area (Å²) in [6.45, 7) is 2.33. The molecule has 0 radical (unpaired) electrons. The molecule has 21 heavy (non-hydrogen) atoms. The number of carbonyl (C=O) groups excluding carboxylic acids is 1. The number of carbonyl (C=O) groups is 1. The van der Waals surface area contributed by atoms with Crippen LogP contribution in [0, 0.1) is 5.92 Å². The topological polar surface area (TPSA) is 64.2 Å². The summed E-state index contributed by atoms with van der Waals surface area (Å²) in [7, 11) is 0. The maximum atomic E-state index is 11.9. The molecule has 1 N–H and O–H groups in total. The van der Waals surface area contributed by atoms with Gasteiger partial charge >= 0.3 is 5.76 Å². The monoisotopic (exact) mass is 308 g/mol. The van der Waals surface area contributed by atoms with Gasteiger partial charge in [0.2, 0.25) is 5.91 Å². The average Bonchev–Trinajstić information content (AvgIpc) is 3.21. The van der Waals surface area contributed by atoms with Crippen LogP contribution in [0.5, 0.6) is 0 Å². The van der Waals surface area contributed by atoms with E-state index in [0.29, 0.717) is 28.6 Å². The number of oxazole rings is 1. The molecule has 3 rings (SSSR count). The molecule has 5 nitrogen and oxygen atoms in total. The molecule has 112 valence electrons. The summed E-state index contributed by atoms with van der Waals surface area (Å²) in [4.78, 5) is 23.7.